The van der Waals surface area contributed by atoms with Crippen LogP contribution in [0.1, 0.15) is 5.69 Å². The zero-order valence-corrected chi connectivity index (χ0v) is 10.3. The molecule has 0 radical (unpaired) electrons. The first kappa shape index (κ1) is 10.8. The van der Waals surface area contributed by atoms with Gasteiger partial charge < -0.3 is 4.74 Å². The molecule has 0 N–H and O–H groups in total. The Morgan fingerprint density at radius 2 is 2.06 bits per heavy atom. The number of aryl methyl sites for hydroxylation is 1. The molecule has 0 bridgehead atoms. The van der Waals surface area contributed by atoms with Crippen molar-refractivity contribution in [1.29, 1.82) is 0 Å². The van der Waals surface area contributed by atoms with Gasteiger partial charge in [-0.3, -0.25) is 0 Å². The summed E-state index contributed by atoms with van der Waals surface area (Å²) in [6, 6.07) is 9.87. The standard InChI is InChI=1S/C14H13N3O/c1-10-6-8-17(16-10)14-13-4-3-12(18-2)9-11(13)5-7-15-14/h3-9H,1-2H3. The Kier molecular flexibility index (Phi) is 2.48. The molecule has 1 aromatic carbocycles. The Labute approximate surface area is 105 Å². The summed E-state index contributed by atoms with van der Waals surface area (Å²) in [6.45, 7) is 1.96. The molecule has 0 saturated heterocycles. The van der Waals surface area contributed by atoms with E-state index in [-0.39, 0.29) is 0 Å². The van der Waals surface area contributed by atoms with E-state index >= 15 is 0 Å². The van der Waals surface area contributed by atoms with E-state index in [1.165, 1.54) is 0 Å². The molecule has 0 aliphatic carbocycles. The quantitative estimate of drug-likeness (QED) is 0.690. The predicted molar refractivity (Wildman–Crippen MR) is 70.2 cm³/mol. The molecule has 0 spiro atoms. The van der Waals surface area contributed by atoms with Crippen LogP contribution in [0.25, 0.3) is 16.6 Å². The molecule has 0 unspecified atom stereocenters. The van der Waals surface area contributed by atoms with Gasteiger partial charge in [-0.05, 0) is 42.6 Å². The highest BCUT2D eigenvalue weighted by Crippen LogP contribution is 2.24. The lowest BCUT2D eigenvalue weighted by Crippen LogP contribution is -1.99. The summed E-state index contributed by atoms with van der Waals surface area (Å²) >= 11 is 0. The van der Waals surface area contributed by atoms with Crippen LogP contribution < -0.4 is 4.74 Å². The van der Waals surface area contributed by atoms with Gasteiger partial charge in [0.1, 0.15) is 5.75 Å². The van der Waals surface area contributed by atoms with E-state index in [0.717, 1.165) is 28.0 Å². The molecule has 0 saturated carbocycles. The van der Waals surface area contributed by atoms with Gasteiger partial charge in [0.25, 0.3) is 0 Å². The van der Waals surface area contributed by atoms with Gasteiger partial charge in [-0.15, -0.1) is 0 Å². The average molecular weight is 239 g/mol. The lowest BCUT2D eigenvalue weighted by Gasteiger charge is -2.07. The van der Waals surface area contributed by atoms with Crippen molar-refractivity contribution in [3.63, 3.8) is 0 Å². The van der Waals surface area contributed by atoms with Gasteiger partial charge in [0.05, 0.1) is 12.8 Å². The Balaban J connectivity index is 2.24. The molecule has 90 valence electrons. The molecular formula is C14H13N3O. The van der Waals surface area contributed by atoms with E-state index in [1.54, 1.807) is 18.0 Å². The second-order valence-electron chi connectivity index (χ2n) is 4.12. The Morgan fingerprint density at radius 1 is 1.17 bits per heavy atom. The van der Waals surface area contributed by atoms with E-state index in [2.05, 4.69) is 10.1 Å². The van der Waals surface area contributed by atoms with Crippen molar-refractivity contribution >= 4 is 10.8 Å². The minimum absolute atomic E-state index is 0.836. The van der Waals surface area contributed by atoms with Crippen LogP contribution in [0, 0.1) is 6.92 Å². The maximum Gasteiger partial charge on any atom is 0.161 e. The first-order chi connectivity index (χ1) is 8.78. The fourth-order valence-corrected chi connectivity index (χ4v) is 1.98. The highest BCUT2D eigenvalue weighted by atomic mass is 16.5. The summed E-state index contributed by atoms with van der Waals surface area (Å²) in [5, 5.41) is 6.54. The van der Waals surface area contributed by atoms with E-state index in [4.69, 9.17) is 4.74 Å². The van der Waals surface area contributed by atoms with Gasteiger partial charge in [-0.1, -0.05) is 0 Å². The van der Waals surface area contributed by atoms with Crippen LogP contribution in [-0.4, -0.2) is 21.9 Å². The maximum atomic E-state index is 5.23. The molecule has 0 fully saturated rings. The predicted octanol–water partition coefficient (Wildman–Crippen LogP) is 2.74. The van der Waals surface area contributed by atoms with Gasteiger partial charge in [-0.25, -0.2) is 9.67 Å². The molecule has 0 amide bonds. The number of hydrogen-bond donors (Lipinski definition) is 0. The van der Waals surface area contributed by atoms with E-state index in [1.807, 2.05) is 43.5 Å². The van der Waals surface area contributed by atoms with Crippen molar-refractivity contribution in [3.8, 4) is 11.6 Å². The van der Waals surface area contributed by atoms with Crippen LogP contribution in [0.5, 0.6) is 5.75 Å². The van der Waals surface area contributed by atoms with Crippen LogP contribution in [-0.2, 0) is 0 Å². The van der Waals surface area contributed by atoms with Crippen LogP contribution in [0.3, 0.4) is 0 Å². The van der Waals surface area contributed by atoms with Gasteiger partial charge in [-0.2, -0.15) is 5.10 Å². The number of benzene rings is 1. The van der Waals surface area contributed by atoms with Gasteiger partial charge in [0, 0.05) is 17.8 Å². The molecule has 3 aromatic rings. The van der Waals surface area contributed by atoms with Crippen molar-refractivity contribution in [2.24, 2.45) is 0 Å². The maximum absolute atomic E-state index is 5.23. The van der Waals surface area contributed by atoms with Crippen molar-refractivity contribution in [2.75, 3.05) is 7.11 Å². The van der Waals surface area contributed by atoms with Crippen LogP contribution in [0.2, 0.25) is 0 Å². The van der Waals surface area contributed by atoms with Crippen LogP contribution >= 0.6 is 0 Å². The molecule has 4 nitrogen and oxygen atoms in total. The second-order valence-corrected chi connectivity index (χ2v) is 4.12. The van der Waals surface area contributed by atoms with Crippen molar-refractivity contribution in [1.82, 2.24) is 14.8 Å². The highest BCUT2D eigenvalue weighted by Gasteiger charge is 2.06. The molecule has 2 aromatic heterocycles. The number of nitrogens with zero attached hydrogens (tertiary/aromatic N) is 3. The SMILES string of the molecule is COc1ccc2c(-n3ccc(C)n3)nccc2c1. The number of methoxy groups -OCH3 is 1. The first-order valence-electron chi connectivity index (χ1n) is 5.73. The molecule has 2 heterocycles. The fraction of sp³-hybridized carbons (Fsp3) is 0.143. The zero-order valence-electron chi connectivity index (χ0n) is 10.3. The smallest absolute Gasteiger partial charge is 0.161 e. The fourth-order valence-electron chi connectivity index (χ4n) is 1.98. The molecule has 0 aliphatic heterocycles. The van der Waals surface area contributed by atoms with Gasteiger partial charge in [0.15, 0.2) is 5.82 Å². The summed E-state index contributed by atoms with van der Waals surface area (Å²) in [5.74, 6) is 1.68. The van der Waals surface area contributed by atoms with E-state index in [9.17, 15) is 0 Å². The van der Waals surface area contributed by atoms with Crippen molar-refractivity contribution < 1.29 is 4.74 Å². The highest BCUT2D eigenvalue weighted by molar-refractivity contribution is 5.89. The Morgan fingerprint density at radius 3 is 2.78 bits per heavy atom. The Bertz CT molecular complexity index is 703. The largest absolute Gasteiger partial charge is 0.497 e. The monoisotopic (exact) mass is 239 g/mol. The number of fused-ring (bicyclic) bond motifs is 1. The van der Waals surface area contributed by atoms with Crippen LogP contribution in [0.15, 0.2) is 42.7 Å². The minimum Gasteiger partial charge on any atom is -0.497 e. The van der Waals surface area contributed by atoms with E-state index < -0.39 is 0 Å². The van der Waals surface area contributed by atoms with Crippen molar-refractivity contribution in [2.45, 2.75) is 6.92 Å². The first-order valence-corrected chi connectivity index (χ1v) is 5.73. The number of hydrogen-bond acceptors (Lipinski definition) is 3. The molecule has 0 aliphatic rings. The molecule has 0 atom stereocenters. The average Bonchev–Trinajstić information content (AvgIpc) is 2.84. The lowest BCUT2D eigenvalue weighted by molar-refractivity contribution is 0.415. The lowest BCUT2D eigenvalue weighted by atomic mass is 10.1. The number of aromatic nitrogens is 3. The summed E-state index contributed by atoms with van der Waals surface area (Å²) in [5.41, 5.74) is 0.974. The second kappa shape index (κ2) is 4.14. The van der Waals surface area contributed by atoms with Crippen molar-refractivity contribution in [3.05, 3.63) is 48.4 Å². The summed E-state index contributed by atoms with van der Waals surface area (Å²) in [6.07, 6.45) is 3.70. The molecule has 3 rings (SSSR count). The summed E-state index contributed by atoms with van der Waals surface area (Å²) < 4.78 is 7.02. The zero-order chi connectivity index (χ0) is 12.5. The number of rotatable bonds is 2. The van der Waals surface area contributed by atoms with E-state index in [0.29, 0.717) is 0 Å². The third-order valence-corrected chi connectivity index (χ3v) is 2.89. The molecule has 4 heteroatoms. The molecular weight excluding hydrogens is 226 g/mol. The van der Waals surface area contributed by atoms with Gasteiger partial charge >= 0.3 is 0 Å². The number of pyridine rings is 1. The summed E-state index contributed by atoms with van der Waals surface area (Å²) in [4.78, 5) is 4.41. The minimum atomic E-state index is 0.836. The third kappa shape index (κ3) is 1.72. The topological polar surface area (TPSA) is 39.9 Å². The number of ether oxygens (including phenoxy) is 1. The molecule has 18 heavy (non-hydrogen) atoms. The van der Waals surface area contributed by atoms with Gasteiger partial charge in [0.2, 0.25) is 0 Å². The summed E-state index contributed by atoms with van der Waals surface area (Å²) in [7, 11) is 1.67. The normalized spacial score (nSPS) is 10.8. The van der Waals surface area contributed by atoms with Crippen LogP contribution in [0.4, 0.5) is 0 Å². The Hall–Kier alpha value is -2.36. The third-order valence-electron chi connectivity index (χ3n) is 2.89.